The lowest BCUT2D eigenvalue weighted by Gasteiger charge is -2.44. The van der Waals surface area contributed by atoms with Crippen LogP contribution in [0.1, 0.15) is 52.9 Å². The normalized spacial score (nSPS) is 20.2. The summed E-state index contributed by atoms with van der Waals surface area (Å²) in [6.45, 7) is 4.38. The summed E-state index contributed by atoms with van der Waals surface area (Å²) in [5.41, 5.74) is 4.43. The first-order chi connectivity index (χ1) is 19.0. The van der Waals surface area contributed by atoms with Gasteiger partial charge in [-0.2, -0.15) is 0 Å². The molecule has 1 aromatic heterocycles. The standard InChI is InChI=1S/C32H38N4O3/c1-24-29(15-9-18-33-24)32(38)34-21-26-12-6-7-16-30(26)35(31(37)23-39-2)19-17-27-13-8-14-28(22-34)36(27)20-25-10-4-3-5-11-25/h3-7,9-12,15-16,18,27-28H,8,13-14,17,19-23H2,1-2H3. The highest BCUT2D eigenvalue weighted by atomic mass is 16.5. The van der Waals surface area contributed by atoms with E-state index in [1.807, 2.05) is 59.2 Å². The van der Waals surface area contributed by atoms with Crippen molar-refractivity contribution < 1.29 is 14.3 Å². The van der Waals surface area contributed by atoms with E-state index in [4.69, 9.17) is 4.74 Å². The molecule has 7 heteroatoms. The van der Waals surface area contributed by atoms with Gasteiger partial charge in [0.1, 0.15) is 6.61 Å². The fourth-order valence-electron chi connectivity index (χ4n) is 6.10. The van der Waals surface area contributed by atoms with Crippen molar-refractivity contribution in [3.63, 3.8) is 0 Å². The zero-order valence-corrected chi connectivity index (χ0v) is 23.0. The molecule has 2 unspecified atom stereocenters. The predicted octanol–water partition coefficient (Wildman–Crippen LogP) is 4.84. The first-order valence-electron chi connectivity index (χ1n) is 13.9. The quantitative estimate of drug-likeness (QED) is 0.476. The number of nitrogens with zero attached hydrogens (tertiary/aromatic N) is 4. The molecule has 1 fully saturated rings. The van der Waals surface area contributed by atoms with Gasteiger partial charge < -0.3 is 14.5 Å². The van der Waals surface area contributed by atoms with Gasteiger partial charge in [0.25, 0.3) is 11.8 Å². The Morgan fingerprint density at radius 2 is 1.72 bits per heavy atom. The summed E-state index contributed by atoms with van der Waals surface area (Å²) in [5.74, 6) is -0.0849. The van der Waals surface area contributed by atoms with E-state index in [2.05, 4.69) is 34.1 Å². The van der Waals surface area contributed by atoms with E-state index in [-0.39, 0.29) is 24.5 Å². The minimum absolute atomic E-state index is 0.0207. The highest BCUT2D eigenvalue weighted by Crippen LogP contribution is 2.32. The number of hydrogen-bond acceptors (Lipinski definition) is 5. The number of carbonyl (C=O) groups is 2. The molecule has 2 aliphatic heterocycles. The van der Waals surface area contributed by atoms with Crippen LogP contribution in [0.2, 0.25) is 0 Å². The molecule has 0 spiro atoms. The molecular weight excluding hydrogens is 488 g/mol. The number of aryl methyl sites for hydroxylation is 1. The third-order valence-electron chi connectivity index (χ3n) is 8.07. The molecule has 3 heterocycles. The highest BCUT2D eigenvalue weighted by Gasteiger charge is 2.35. The summed E-state index contributed by atoms with van der Waals surface area (Å²) in [6.07, 6.45) is 5.80. The van der Waals surface area contributed by atoms with Gasteiger partial charge in [-0.1, -0.05) is 55.0 Å². The second kappa shape index (κ2) is 12.5. The molecular formula is C32H38N4O3. The van der Waals surface area contributed by atoms with Crippen molar-refractivity contribution in [3.8, 4) is 0 Å². The number of hydrogen-bond donors (Lipinski definition) is 0. The number of aromatic nitrogens is 1. The smallest absolute Gasteiger partial charge is 0.256 e. The summed E-state index contributed by atoms with van der Waals surface area (Å²) in [5, 5.41) is 0. The largest absolute Gasteiger partial charge is 0.375 e. The van der Waals surface area contributed by atoms with Crippen LogP contribution in [0, 0.1) is 6.92 Å². The molecule has 0 N–H and O–H groups in total. The van der Waals surface area contributed by atoms with Crippen LogP contribution < -0.4 is 4.90 Å². The summed E-state index contributed by atoms with van der Waals surface area (Å²) < 4.78 is 5.26. The van der Waals surface area contributed by atoms with Crippen LogP contribution in [0.15, 0.2) is 72.9 Å². The molecule has 2 bridgehead atoms. The van der Waals surface area contributed by atoms with E-state index in [0.29, 0.717) is 31.2 Å². The number of amides is 2. The van der Waals surface area contributed by atoms with Crippen molar-refractivity contribution in [1.29, 1.82) is 0 Å². The minimum Gasteiger partial charge on any atom is -0.375 e. The van der Waals surface area contributed by atoms with Crippen LogP contribution in [0.25, 0.3) is 0 Å². The predicted molar refractivity (Wildman–Crippen MR) is 152 cm³/mol. The number of carbonyl (C=O) groups excluding carboxylic acids is 2. The molecule has 7 nitrogen and oxygen atoms in total. The Morgan fingerprint density at radius 3 is 2.51 bits per heavy atom. The van der Waals surface area contributed by atoms with Crippen molar-refractivity contribution in [2.75, 3.05) is 31.7 Å². The molecule has 2 aliphatic rings. The van der Waals surface area contributed by atoms with E-state index in [1.165, 1.54) is 5.56 Å². The summed E-state index contributed by atoms with van der Waals surface area (Å²) in [6, 6.07) is 22.7. The van der Waals surface area contributed by atoms with Gasteiger partial charge in [0, 0.05) is 63.0 Å². The molecule has 1 saturated heterocycles. The van der Waals surface area contributed by atoms with Crippen molar-refractivity contribution in [3.05, 3.63) is 95.3 Å². The molecule has 5 rings (SSSR count). The summed E-state index contributed by atoms with van der Waals surface area (Å²) in [4.78, 5) is 38.2. The number of ether oxygens (including phenoxy) is 1. The lowest BCUT2D eigenvalue weighted by molar-refractivity contribution is -0.122. The van der Waals surface area contributed by atoms with Gasteiger partial charge in [-0.05, 0) is 55.5 Å². The highest BCUT2D eigenvalue weighted by molar-refractivity contribution is 5.96. The van der Waals surface area contributed by atoms with Crippen LogP contribution in [0.5, 0.6) is 0 Å². The topological polar surface area (TPSA) is 66.0 Å². The van der Waals surface area contributed by atoms with Crippen LogP contribution in [0.4, 0.5) is 5.69 Å². The molecule has 3 aromatic rings. The maximum absolute atomic E-state index is 14.1. The number of benzene rings is 2. The van der Waals surface area contributed by atoms with E-state index in [1.54, 1.807) is 13.3 Å². The van der Waals surface area contributed by atoms with Gasteiger partial charge >= 0.3 is 0 Å². The van der Waals surface area contributed by atoms with Gasteiger partial charge in [0.2, 0.25) is 0 Å². The van der Waals surface area contributed by atoms with Crippen molar-refractivity contribution in [1.82, 2.24) is 14.8 Å². The number of anilines is 1. The lowest BCUT2D eigenvalue weighted by Crippen LogP contribution is -2.52. The Bertz CT molecular complexity index is 1280. The number of rotatable bonds is 5. The Hall–Kier alpha value is -3.55. The van der Waals surface area contributed by atoms with Gasteiger partial charge in [0.05, 0.1) is 5.56 Å². The van der Waals surface area contributed by atoms with Crippen LogP contribution >= 0.6 is 0 Å². The van der Waals surface area contributed by atoms with Crippen molar-refractivity contribution >= 4 is 17.5 Å². The lowest BCUT2D eigenvalue weighted by atomic mass is 9.92. The molecule has 2 amide bonds. The van der Waals surface area contributed by atoms with Crippen LogP contribution in [-0.4, -0.2) is 65.5 Å². The molecule has 39 heavy (non-hydrogen) atoms. The van der Waals surface area contributed by atoms with Crippen molar-refractivity contribution in [2.45, 2.75) is 57.8 Å². The maximum Gasteiger partial charge on any atom is 0.256 e. The maximum atomic E-state index is 14.1. The Balaban J connectivity index is 1.57. The molecule has 204 valence electrons. The third-order valence-corrected chi connectivity index (χ3v) is 8.07. The number of methoxy groups -OCH3 is 1. The van der Waals surface area contributed by atoms with Gasteiger partial charge in [-0.3, -0.25) is 19.5 Å². The van der Waals surface area contributed by atoms with Gasteiger partial charge in [-0.15, -0.1) is 0 Å². The Kier molecular flexibility index (Phi) is 8.69. The summed E-state index contributed by atoms with van der Waals surface area (Å²) in [7, 11) is 1.56. The minimum atomic E-state index is -0.0628. The van der Waals surface area contributed by atoms with E-state index >= 15 is 0 Å². The second-order valence-electron chi connectivity index (χ2n) is 10.6. The average molecular weight is 527 g/mol. The number of fused-ring (bicyclic) bond motifs is 3. The van der Waals surface area contributed by atoms with E-state index in [9.17, 15) is 9.59 Å². The van der Waals surface area contributed by atoms with Gasteiger partial charge in [0.15, 0.2) is 0 Å². The van der Waals surface area contributed by atoms with Crippen molar-refractivity contribution in [2.24, 2.45) is 0 Å². The molecule has 2 aromatic carbocycles. The third kappa shape index (κ3) is 6.21. The monoisotopic (exact) mass is 526 g/mol. The molecule has 0 saturated carbocycles. The fourth-order valence-corrected chi connectivity index (χ4v) is 6.10. The molecule has 0 aliphatic carbocycles. The summed E-state index contributed by atoms with van der Waals surface area (Å²) >= 11 is 0. The Morgan fingerprint density at radius 1 is 0.949 bits per heavy atom. The number of piperidine rings is 1. The zero-order chi connectivity index (χ0) is 27.2. The molecule has 2 atom stereocenters. The van der Waals surface area contributed by atoms with E-state index < -0.39 is 0 Å². The second-order valence-corrected chi connectivity index (χ2v) is 10.6. The Labute approximate surface area is 231 Å². The van der Waals surface area contributed by atoms with Crippen LogP contribution in [0.3, 0.4) is 0 Å². The zero-order valence-electron chi connectivity index (χ0n) is 23.0. The molecule has 0 radical (unpaired) electrons. The number of para-hydroxylation sites is 1. The first-order valence-corrected chi connectivity index (χ1v) is 13.9. The first kappa shape index (κ1) is 27.0. The van der Waals surface area contributed by atoms with Crippen LogP contribution in [-0.2, 0) is 22.6 Å². The van der Waals surface area contributed by atoms with E-state index in [0.717, 1.165) is 49.2 Å². The fraction of sp³-hybridized carbons (Fsp3) is 0.406. The SMILES string of the molecule is COCC(=O)N1CCC2CCCC(CN(C(=O)c3cccnc3C)Cc3ccccc31)N2Cc1ccccc1. The van der Waals surface area contributed by atoms with Gasteiger partial charge in [-0.25, -0.2) is 0 Å². The number of pyridine rings is 1. The average Bonchev–Trinajstić information content (AvgIpc) is 2.96.